The lowest BCUT2D eigenvalue weighted by atomic mass is 9.88. The van der Waals surface area contributed by atoms with E-state index in [1.54, 1.807) is 27.1 Å². The van der Waals surface area contributed by atoms with Crippen molar-refractivity contribution < 1.29 is 17.9 Å². The molecule has 4 rings (SSSR count). The van der Waals surface area contributed by atoms with Gasteiger partial charge in [0.05, 0.1) is 23.2 Å². The van der Waals surface area contributed by atoms with Crippen molar-refractivity contribution in [1.29, 1.82) is 0 Å². The van der Waals surface area contributed by atoms with Crippen LogP contribution >= 0.6 is 11.8 Å². The number of hydrogen-bond acceptors (Lipinski definition) is 6. The Kier molecular flexibility index (Phi) is 7.57. The molecule has 1 aliphatic carbocycles. The molecule has 0 radical (unpaired) electrons. The Hall–Kier alpha value is -2.45. The van der Waals surface area contributed by atoms with Gasteiger partial charge in [-0.1, -0.05) is 31.1 Å². The molecule has 0 amide bonds. The lowest BCUT2D eigenvalue weighted by molar-refractivity contribution is -0.217. The second kappa shape index (κ2) is 10.4. The zero-order chi connectivity index (χ0) is 24.3. The molecule has 2 aromatic heterocycles. The number of aromatic nitrogens is 4. The quantitative estimate of drug-likeness (QED) is 0.619. The van der Waals surface area contributed by atoms with Gasteiger partial charge in [0.25, 0.3) is 0 Å². The van der Waals surface area contributed by atoms with Crippen molar-refractivity contribution in [3.05, 3.63) is 40.0 Å². The predicted molar refractivity (Wildman–Crippen MR) is 124 cm³/mol. The minimum absolute atomic E-state index is 0.0172. The van der Waals surface area contributed by atoms with E-state index in [0.29, 0.717) is 11.4 Å². The average molecular weight is 496 g/mol. The van der Waals surface area contributed by atoms with Crippen molar-refractivity contribution in [2.24, 2.45) is 0 Å². The number of halogens is 3. The summed E-state index contributed by atoms with van der Waals surface area (Å²) >= 11 is 1.69. The van der Waals surface area contributed by atoms with Crippen molar-refractivity contribution in [2.45, 2.75) is 75.1 Å². The number of nitrogen functional groups attached to an aromatic ring is 1. The first-order chi connectivity index (χ1) is 16.3. The Morgan fingerprint density at radius 2 is 1.97 bits per heavy atom. The van der Waals surface area contributed by atoms with E-state index in [0.717, 1.165) is 57.8 Å². The maximum Gasteiger partial charge on any atom is 0.420 e. The number of hydrogen-bond donors (Lipinski definition) is 1. The molecule has 34 heavy (non-hydrogen) atoms. The summed E-state index contributed by atoms with van der Waals surface area (Å²) in [5.41, 5.74) is 5.79. The van der Waals surface area contributed by atoms with Gasteiger partial charge in [-0.25, -0.2) is 9.78 Å². The first-order valence-electron chi connectivity index (χ1n) is 11.4. The van der Waals surface area contributed by atoms with Crippen molar-refractivity contribution in [2.75, 3.05) is 18.6 Å². The van der Waals surface area contributed by atoms with Crippen LogP contribution in [0.4, 0.5) is 19.0 Å². The normalized spacial score (nSPS) is 20.2. The number of nitrogens with two attached hydrogens (primary N) is 1. The molecule has 0 aromatic carbocycles. The summed E-state index contributed by atoms with van der Waals surface area (Å²) in [6.07, 6.45) is 3.21. The van der Waals surface area contributed by atoms with Gasteiger partial charge in [0.1, 0.15) is 11.6 Å². The Morgan fingerprint density at radius 3 is 2.62 bits per heavy atom. The van der Waals surface area contributed by atoms with Crippen molar-refractivity contribution in [1.82, 2.24) is 19.1 Å². The highest BCUT2D eigenvalue weighted by Crippen LogP contribution is 2.38. The number of methoxy groups -OCH3 is 1. The van der Waals surface area contributed by atoms with Crippen LogP contribution in [0.3, 0.4) is 0 Å². The molecule has 1 unspecified atom stereocenters. The van der Waals surface area contributed by atoms with Crippen LogP contribution < -0.4 is 11.4 Å². The van der Waals surface area contributed by atoms with E-state index in [9.17, 15) is 18.0 Å². The number of imidazole rings is 1. The topological polar surface area (TPSA) is 88.0 Å². The fourth-order valence-electron chi connectivity index (χ4n) is 4.60. The second-order valence-electron chi connectivity index (χ2n) is 8.64. The van der Waals surface area contributed by atoms with E-state index in [2.05, 4.69) is 21.8 Å². The third-order valence-electron chi connectivity index (χ3n) is 6.27. The van der Waals surface area contributed by atoms with Crippen LogP contribution in [0.1, 0.15) is 79.4 Å². The van der Waals surface area contributed by atoms with Gasteiger partial charge in [0, 0.05) is 25.4 Å². The molecule has 2 N–H and O–H groups in total. The molecule has 0 bridgehead atoms. The third-order valence-corrected chi connectivity index (χ3v) is 7.64. The molecule has 3 heterocycles. The number of anilines is 1. The lowest BCUT2D eigenvalue weighted by Gasteiger charge is -2.21. The first kappa shape index (κ1) is 24.7. The maximum atomic E-state index is 13.5. The van der Waals surface area contributed by atoms with Crippen LogP contribution in [0, 0.1) is 11.8 Å². The van der Waals surface area contributed by atoms with Crippen LogP contribution in [-0.2, 0) is 11.3 Å². The minimum atomic E-state index is -4.56. The molecule has 11 heteroatoms. The van der Waals surface area contributed by atoms with Crippen molar-refractivity contribution in [3.8, 4) is 11.8 Å². The summed E-state index contributed by atoms with van der Waals surface area (Å²) in [7, 11) is 1.03. The zero-order valence-electron chi connectivity index (χ0n) is 19.0. The molecule has 184 valence electrons. The van der Waals surface area contributed by atoms with Crippen molar-refractivity contribution >= 4 is 17.6 Å². The summed E-state index contributed by atoms with van der Waals surface area (Å²) in [6, 6.07) is 0. The number of nitrogens with zero attached hydrogens (tertiary/aromatic N) is 4. The molecule has 1 saturated carbocycles. The Morgan fingerprint density at radius 1 is 1.21 bits per heavy atom. The summed E-state index contributed by atoms with van der Waals surface area (Å²) in [5, 5.41) is 0.0172. The molecule has 0 spiro atoms. The maximum absolute atomic E-state index is 13.5. The number of alkyl halides is 3. The van der Waals surface area contributed by atoms with E-state index in [4.69, 9.17) is 10.5 Å². The fraction of sp³-hybridized carbons (Fsp3) is 0.609. The van der Waals surface area contributed by atoms with Crippen LogP contribution in [-0.4, -0.2) is 38.1 Å². The Bertz CT molecular complexity index is 1120. The number of ether oxygens (including phenoxy) is 1. The summed E-state index contributed by atoms with van der Waals surface area (Å²) in [4.78, 5) is 20.5. The summed E-state index contributed by atoms with van der Waals surface area (Å²) in [5.74, 6) is 7.67. The Balaban J connectivity index is 1.63. The first-order valence-corrected chi connectivity index (χ1v) is 12.5. The molecule has 1 aliphatic heterocycles. The SMILES string of the molecule is COC(c1cn(CC#Cc2cn([C@H]3CCCS3)c(=O)nc2N)c(C2CCCCC2)n1)C(F)(F)F. The summed E-state index contributed by atoms with van der Waals surface area (Å²) in [6.45, 7) is 0.143. The minimum Gasteiger partial charge on any atom is -0.382 e. The van der Waals surface area contributed by atoms with Gasteiger partial charge in [-0.2, -0.15) is 18.2 Å². The van der Waals surface area contributed by atoms with Gasteiger partial charge in [-0.3, -0.25) is 4.57 Å². The highest BCUT2D eigenvalue weighted by atomic mass is 32.2. The lowest BCUT2D eigenvalue weighted by Crippen LogP contribution is -2.26. The molecule has 2 aliphatic rings. The van der Waals surface area contributed by atoms with E-state index < -0.39 is 18.0 Å². The average Bonchev–Trinajstić information content (AvgIpc) is 3.46. The van der Waals surface area contributed by atoms with Gasteiger partial charge in [-0.15, -0.1) is 11.8 Å². The van der Waals surface area contributed by atoms with Crippen LogP contribution in [0.25, 0.3) is 0 Å². The molecular formula is C23H28F3N5O2S. The highest BCUT2D eigenvalue weighted by molar-refractivity contribution is 7.99. The largest absolute Gasteiger partial charge is 0.420 e. The summed E-state index contributed by atoms with van der Waals surface area (Å²) < 4.78 is 48.3. The van der Waals surface area contributed by atoms with Gasteiger partial charge >= 0.3 is 11.9 Å². The Labute approximate surface area is 200 Å². The number of thioether (sulfide) groups is 1. The highest BCUT2D eigenvalue weighted by Gasteiger charge is 2.43. The van der Waals surface area contributed by atoms with Gasteiger partial charge in [-0.05, 0) is 31.4 Å². The van der Waals surface area contributed by atoms with Crippen LogP contribution in [0.15, 0.2) is 17.2 Å². The fourth-order valence-corrected chi connectivity index (χ4v) is 5.85. The van der Waals surface area contributed by atoms with Gasteiger partial charge in [0.15, 0.2) is 6.10 Å². The van der Waals surface area contributed by atoms with Gasteiger partial charge < -0.3 is 15.0 Å². The second-order valence-corrected chi connectivity index (χ2v) is 9.93. The van der Waals surface area contributed by atoms with Gasteiger partial charge in [0.2, 0.25) is 0 Å². The van der Waals surface area contributed by atoms with Crippen LogP contribution in [0.2, 0.25) is 0 Å². The van der Waals surface area contributed by atoms with E-state index in [1.165, 1.54) is 6.20 Å². The van der Waals surface area contributed by atoms with E-state index >= 15 is 0 Å². The van der Waals surface area contributed by atoms with Crippen LogP contribution in [0.5, 0.6) is 0 Å². The smallest absolute Gasteiger partial charge is 0.382 e. The molecular weight excluding hydrogens is 467 g/mol. The monoisotopic (exact) mass is 495 g/mol. The number of rotatable bonds is 5. The zero-order valence-corrected chi connectivity index (χ0v) is 19.8. The molecule has 7 nitrogen and oxygen atoms in total. The molecule has 2 fully saturated rings. The predicted octanol–water partition coefficient (Wildman–Crippen LogP) is 4.40. The third kappa shape index (κ3) is 5.44. The van der Waals surface area contributed by atoms with Crippen molar-refractivity contribution in [3.63, 3.8) is 0 Å². The molecule has 2 atom stereocenters. The molecule has 1 saturated heterocycles. The standard InChI is InChI=1S/C23H28F3N5O2S/c1-33-19(23(24,25)26)17-14-30(21(28-17)15-7-3-2-4-8-15)11-5-9-16-13-31(18-10-6-12-34-18)22(32)29-20(16)27/h13-15,18-19H,2-4,6-8,10-12H2,1H3,(H2,27,29,32)/t18-,19?/m1/s1. The van der Waals surface area contributed by atoms with E-state index in [1.807, 2.05) is 0 Å². The molecule has 2 aromatic rings. The van der Waals surface area contributed by atoms with E-state index in [-0.39, 0.29) is 29.3 Å².